The van der Waals surface area contributed by atoms with E-state index in [-0.39, 0.29) is 17.4 Å². The van der Waals surface area contributed by atoms with Crippen LogP contribution >= 0.6 is 23.4 Å². The molecule has 0 aromatic heterocycles. The van der Waals surface area contributed by atoms with E-state index in [1.807, 2.05) is 12.1 Å². The predicted octanol–water partition coefficient (Wildman–Crippen LogP) is 3.30. The average molecular weight is 351 g/mol. The van der Waals surface area contributed by atoms with Gasteiger partial charge in [-0.2, -0.15) is 5.10 Å². The molecule has 0 spiro atoms. The summed E-state index contributed by atoms with van der Waals surface area (Å²) in [5.74, 6) is 0.300. The van der Waals surface area contributed by atoms with Gasteiger partial charge in [-0.15, -0.1) is 11.8 Å². The van der Waals surface area contributed by atoms with Crippen molar-refractivity contribution in [1.29, 1.82) is 0 Å². The number of nitrogens with zero attached hydrogens (tertiary/aromatic N) is 1. The highest BCUT2D eigenvalue weighted by molar-refractivity contribution is 8.00. The Labute approximate surface area is 143 Å². The molecule has 0 atom stereocenters. The summed E-state index contributed by atoms with van der Waals surface area (Å²) in [5.41, 5.74) is 2.86. The lowest BCUT2D eigenvalue weighted by Gasteiger charge is -2.05. The van der Waals surface area contributed by atoms with Crippen molar-refractivity contribution in [1.82, 2.24) is 5.43 Å². The van der Waals surface area contributed by atoms with Crippen molar-refractivity contribution < 1.29 is 14.6 Å². The van der Waals surface area contributed by atoms with Crippen LogP contribution < -0.4 is 10.2 Å². The Morgan fingerprint density at radius 2 is 2.09 bits per heavy atom. The topological polar surface area (TPSA) is 70.9 Å². The molecule has 0 heterocycles. The van der Waals surface area contributed by atoms with Gasteiger partial charge in [0.05, 0.1) is 19.1 Å². The van der Waals surface area contributed by atoms with Gasteiger partial charge in [0.15, 0.2) is 11.5 Å². The molecule has 0 saturated carbocycles. The second-order valence-corrected chi connectivity index (χ2v) is 5.92. The number of hydrazone groups is 1. The monoisotopic (exact) mass is 350 g/mol. The maximum atomic E-state index is 11.7. The van der Waals surface area contributed by atoms with E-state index in [9.17, 15) is 9.90 Å². The number of phenols is 1. The number of benzene rings is 2. The number of carbonyl (C=O) groups is 1. The summed E-state index contributed by atoms with van der Waals surface area (Å²) in [5, 5.41) is 14.4. The first kappa shape index (κ1) is 17.2. The van der Waals surface area contributed by atoms with Gasteiger partial charge in [-0.25, -0.2) is 5.43 Å². The molecule has 0 aliphatic carbocycles. The molecular weight excluding hydrogens is 336 g/mol. The Kier molecular flexibility index (Phi) is 6.31. The number of halogens is 1. The number of para-hydroxylation sites is 1. The van der Waals surface area contributed by atoms with Crippen molar-refractivity contribution in [2.45, 2.75) is 4.90 Å². The fourth-order valence-electron chi connectivity index (χ4n) is 1.69. The SMILES string of the molecule is COc1cccc(C=NNC(=O)CSc2ccc(Cl)cc2)c1O. The van der Waals surface area contributed by atoms with Gasteiger partial charge in [-0.05, 0) is 36.4 Å². The first-order valence-corrected chi connectivity index (χ1v) is 8.02. The highest BCUT2D eigenvalue weighted by Gasteiger charge is 2.05. The van der Waals surface area contributed by atoms with Crippen LogP contribution in [0, 0.1) is 0 Å². The molecule has 2 aromatic carbocycles. The highest BCUT2D eigenvalue weighted by atomic mass is 35.5. The number of ether oxygens (including phenoxy) is 1. The van der Waals surface area contributed by atoms with E-state index >= 15 is 0 Å². The minimum absolute atomic E-state index is 0.0245. The number of rotatable bonds is 6. The third kappa shape index (κ3) is 5.19. The lowest BCUT2D eigenvalue weighted by molar-refractivity contribution is -0.118. The van der Waals surface area contributed by atoms with E-state index in [2.05, 4.69) is 10.5 Å². The van der Waals surface area contributed by atoms with E-state index in [1.54, 1.807) is 30.3 Å². The molecule has 0 fully saturated rings. The Bertz CT molecular complexity index is 705. The van der Waals surface area contributed by atoms with Crippen LogP contribution in [0.25, 0.3) is 0 Å². The predicted molar refractivity (Wildman–Crippen MR) is 92.6 cm³/mol. The Morgan fingerprint density at radius 3 is 2.78 bits per heavy atom. The van der Waals surface area contributed by atoms with Crippen LogP contribution in [-0.4, -0.2) is 30.1 Å². The van der Waals surface area contributed by atoms with Crippen LogP contribution in [-0.2, 0) is 4.79 Å². The fourth-order valence-corrected chi connectivity index (χ4v) is 2.51. The van der Waals surface area contributed by atoms with Crippen molar-refractivity contribution >= 4 is 35.5 Å². The number of nitrogens with one attached hydrogen (secondary N) is 1. The second-order valence-electron chi connectivity index (χ2n) is 4.43. The molecule has 0 radical (unpaired) electrons. The van der Waals surface area contributed by atoms with Crippen molar-refractivity contribution in [3.05, 3.63) is 53.1 Å². The molecule has 5 nitrogen and oxygen atoms in total. The van der Waals surface area contributed by atoms with Gasteiger partial charge in [0.1, 0.15) is 0 Å². The maximum absolute atomic E-state index is 11.7. The van der Waals surface area contributed by atoms with Crippen LogP contribution in [0.15, 0.2) is 52.5 Å². The summed E-state index contributed by atoms with van der Waals surface area (Å²) in [6.45, 7) is 0. The van der Waals surface area contributed by atoms with Gasteiger partial charge in [-0.3, -0.25) is 4.79 Å². The minimum atomic E-state index is -0.247. The van der Waals surface area contributed by atoms with Crippen molar-refractivity contribution in [3.8, 4) is 11.5 Å². The Hall–Kier alpha value is -2.18. The number of carbonyl (C=O) groups excluding carboxylic acids is 1. The maximum Gasteiger partial charge on any atom is 0.250 e. The summed E-state index contributed by atoms with van der Waals surface area (Å²) in [7, 11) is 1.46. The van der Waals surface area contributed by atoms with Gasteiger partial charge in [-0.1, -0.05) is 17.7 Å². The van der Waals surface area contributed by atoms with Gasteiger partial charge in [0.2, 0.25) is 5.91 Å². The van der Waals surface area contributed by atoms with E-state index in [4.69, 9.17) is 16.3 Å². The quantitative estimate of drug-likeness (QED) is 0.476. The average Bonchev–Trinajstić information content (AvgIpc) is 2.56. The highest BCUT2D eigenvalue weighted by Crippen LogP contribution is 2.27. The molecular formula is C16H15ClN2O3S. The summed E-state index contributed by atoms with van der Waals surface area (Å²) in [4.78, 5) is 12.7. The molecule has 120 valence electrons. The van der Waals surface area contributed by atoms with Crippen LogP contribution in [0.5, 0.6) is 11.5 Å². The first-order chi connectivity index (χ1) is 11.1. The number of hydrogen-bond donors (Lipinski definition) is 2. The number of thioether (sulfide) groups is 1. The summed E-state index contributed by atoms with van der Waals surface area (Å²) >= 11 is 7.18. The molecule has 7 heteroatoms. The third-order valence-electron chi connectivity index (χ3n) is 2.83. The number of amides is 1. The van der Waals surface area contributed by atoms with E-state index in [0.29, 0.717) is 16.3 Å². The minimum Gasteiger partial charge on any atom is -0.504 e. The van der Waals surface area contributed by atoms with Gasteiger partial charge in [0.25, 0.3) is 0 Å². The molecule has 2 rings (SSSR count). The molecule has 0 unspecified atom stereocenters. The van der Waals surface area contributed by atoms with Crippen LogP contribution in [0.3, 0.4) is 0 Å². The van der Waals surface area contributed by atoms with Crippen molar-refractivity contribution in [2.75, 3.05) is 12.9 Å². The number of phenolic OH excluding ortho intramolecular Hbond substituents is 1. The van der Waals surface area contributed by atoms with Crippen LogP contribution in [0.4, 0.5) is 0 Å². The molecule has 0 saturated heterocycles. The third-order valence-corrected chi connectivity index (χ3v) is 4.09. The fraction of sp³-hybridized carbons (Fsp3) is 0.125. The zero-order valence-electron chi connectivity index (χ0n) is 12.3. The van der Waals surface area contributed by atoms with Gasteiger partial charge < -0.3 is 9.84 Å². The van der Waals surface area contributed by atoms with Crippen molar-refractivity contribution in [3.63, 3.8) is 0 Å². The van der Waals surface area contributed by atoms with E-state index < -0.39 is 0 Å². The largest absolute Gasteiger partial charge is 0.504 e. The van der Waals surface area contributed by atoms with Gasteiger partial charge in [0, 0.05) is 15.5 Å². The Balaban J connectivity index is 1.85. The summed E-state index contributed by atoms with van der Waals surface area (Å²) in [6, 6.07) is 12.2. The zero-order chi connectivity index (χ0) is 16.7. The number of aromatic hydroxyl groups is 1. The second kappa shape index (κ2) is 8.45. The van der Waals surface area contributed by atoms with E-state index in [0.717, 1.165) is 4.90 Å². The molecule has 23 heavy (non-hydrogen) atoms. The molecule has 1 amide bonds. The Morgan fingerprint density at radius 1 is 1.35 bits per heavy atom. The summed E-state index contributed by atoms with van der Waals surface area (Å²) in [6.07, 6.45) is 1.36. The van der Waals surface area contributed by atoms with Gasteiger partial charge >= 0.3 is 0 Å². The number of methoxy groups -OCH3 is 1. The first-order valence-electron chi connectivity index (χ1n) is 6.66. The molecule has 0 aliphatic heterocycles. The van der Waals surface area contributed by atoms with Crippen LogP contribution in [0.1, 0.15) is 5.56 Å². The molecule has 0 aliphatic rings. The van der Waals surface area contributed by atoms with E-state index in [1.165, 1.54) is 25.1 Å². The van der Waals surface area contributed by atoms with Crippen LogP contribution in [0.2, 0.25) is 5.02 Å². The molecule has 2 aromatic rings. The number of hydrogen-bond acceptors (Lipinski definition) is 5. The molecule has 2 N–H and O–H groups in total. The van der Waals surface area contributed by atoms with Crippen molar-refractivity contribution in [2.24, 2.45) is 5.10 Å². The lowest BCUT2D eigenvalue weighted by atomic mass is 10.2. The summed E-state index contributed by atoms with van der Waals surface area (Å²) < 4.78 is 5.00. The zero-order valence-corrected chi connectivity index (χ0v) is 13.9. The normalized spacial score (nSPS) is 10.7. The lowest BCUT2D eigenvalue weighted by Crippen LogP contribution is -2.19. The standard InChI is InChI=1S/C16H15ClN2O3S/c1-22-14-4-2-3-11(16(14)21)9-18-19-15(20)10-23-13-7-5-12(17)6-8-13/h2-9,21H,10H2,1H3,(H,19,20). The molecule has 0 bridgehead atoms. The smallest absolute Gasteiger partial charge is 0.250 e.